The number of aromatic nitrogens is 5. The molecule has 3 aromatic heterocycles. The van der Waals surface area contributed by atoms with E-state index in [1.165, 1.54) is 5.69 Å². The van der Waals surface area contributed by atoms with Crippen LogP contribution in [-0.2, 0) is 4.74 Å². The molecule has 0 unspecified atom stereocenters. The molecule has 4 N–H and O–H groups in total. The molecule has 0 amide bonds. The Bertz CT molecular complexity index is 1440. The molecule has 6 rings (SSSR count). The van der Waals surface area contributed by atoms with Crippen molar-refractivity contribution in [2.24, 2.45) is 0 Å². The van der Waals surface area contributed by atoms with Crippen molar-refractivity contribution in [3.63, 3.8) is 0 Å². The zero-order valence-electron chi connectivity index (χ0n) is 18.6. The second-order valence-electron chi connectivity index (χ2n) is 8.03. The highest BCUT2D eigenvalue weighted by Crippen LogP contribution is 2.32. The van der Waals surface area contributed by atoms with Crippen LogP contribution in [0.4, 0.5) is 28.8 Å². The van der Waals surface area contributed by atoms with Crippen LogP contribution in [0.1, 0.15) is 0 Å². The molecule has 0 aliphatic carbocycles. The number of benzene rings is 2. The van der Waals surface area contributed by atoms with E-state index in [0.717, 1.165) is 59.0 Å². The largest absolute Gasteiger partial charge is 0.378 e. The minimum absolute atomic E-state index is 0.492. The number of nitrogens with one attached hydrogen (secondary N) is 4. The number of morpholine rings is 1. The van der Waals surface area contributed by atoms with Crippen LogP contribution in [0.15, 0.2) is 59.8 Å². The number of thioether (sulfide) groups is 1. The summed E-state index contributed by atoms with van der Waals surface area (Å²) in [5, 5.41) is 17.1. The highest BCUT2D eigenvalue weighted by molar-refractivity contribution is 7.98. The van der Waals surface area contributed by atoms with E-state index in [4.69, 9.17) is 9.72 Å². The van der Waals surface area contributed by atoms with E-state index in [2.05, 4.69) is 66.0 Å². The van der Waals surface area contributed by atoms with Crippen LogP contribution in [0.5, 0.6) is 0 Å². The summed E-state index contributed by atoms with van der Waals surface area (Å²) in [5.41, 5.74) is 4.77. The minimum atomic E-state index is 0.492. The van der Waals surface area contributed by atoms with E-state index in [1.807, 2.05) is 30.7 Å². The fraction of sp³-hybridized carbons (Fsp3) is 0.208. The third kappa shape index (κ3) is 4.02. The lowest BCUT2D eigenvalue weighted by atomic mass is 10.2. The molecule has 9 nitrogen and oxygen atoms in total. The van der Waals surface area contributed by atoms with Gasteiger partial charge in [-0.3, -0.25) is 5.10 Å². The molecule has 1 aliphatic rings. The minimum Gasteiger partial charge on any atom is -0.378 e. The summed E-state index contributed by atoms with van der Waals surface area (Å²) in [5.74, 6) is 1.19. The van der Waals surface area contributed by atoms with E-state index in [9.17, 15) is 0 Å². The second-order valence-corrected chi connectivity index (χ2v) is 8.82. The normalized spacial score (nSPS) is 14.1. The van der Waals surface area contributed by atoms with Gasteiger partial charge in [-0.2, -0.15) is 15.1 Å². The first-order valence-electron chi connectivity index (χ1n) is 11.1. The molecule has 1 fully saturated rings. The molecule has 172 valence electrons. The second kappa shape index (κ2) is 8.88. The van der Waals surface area contributed by atoms with E-state index < -0.39 is 0 Å². The van der Waals surface area contributed by atoms with Gasteiger partial charge in [0, 0.05) is 41.9 Å². The van der Waals surface area contributed by atoms with E-state index in [-0.39, 0.29) is 0 Å². The van der Waals surface area contributed by atoms with Crippen LogP contribution < -0.4 is 15.5 Å². The van der Waals surface area contributed by atoms with Gasteiger partial charge in [0.15, 0.2) is 5.65 Å². The SMILES string of the molecule is CSc1n[nH]c2nc(Nc3ccc(N4CCOCC4)cc3)nc(Nc3ccc4cc[nH]c4c3)c12. The van der Waals surface area contributed by atoms with Crippen LogP contribution in [0.3, 0.4) is 0 Å². The lowest BCUT2D eigenvalue weighted by molar-refractivity contribution is 0.122. The number of hydrogen-bond acceptors (Lipinski definition) is 8. The fourth-order valence-electron chi connectivity index (χ4n) is 4.17. The van der Waals surface area contributed by atoms with Gasteiger partial charge in [-0.25, -0.2) is 0 Å². The Balaban J connectivity index is 1.31. The van der Waals surface area contributed by atoms with E-state index >= 15 is 0 Å². The maximum Gasteiger partial charge on any atom is 0.231 e. The number of ether oxygens (including phenoxy) is 1. The van der Waals surface area contributed by atoms with Crippen molar-refractivity contribution in [2.45, 2.75) is 5.03 Å². The van der Waals surface area contributed by atoms with E-state index in [0.29, 0.717) is 17.4 Å². The smallest absolute Gasteiger partial charge is 0.231 e. The van der Waals surface area contributed by atoms with Gasteiger partial charge >= 0.3 is 0 Å². The van der Waals surface area contributed by atoms with Crippen molar-refractivity contribution in [2.75, 3.05) is 48.1 Å². The summed E-state index contributed by atoms with van der Waals surface area (Å²) >= 11 is 1.56. The van der Waals surface area contributed by atoms with Crippen LogP contribution in [0.2, 0.25) is 0 Å². The summed E-state index contributed by atoms with van der Waals surface area (Å²) in [7, 11) is 0. The van der Waals surface area contributed by atoms with Crippen LogP contribution in [0.25, 0.3) is 21.9 Å². The van der Waals surface area contributed by atoms with Gasteiger partial charge < -0.3 is 25.3 Å². The Morgan fingerprint density at radius 3 is 2.62 bits per heavy atom. The average Bonchev–Trinajstić information content (AvgIpc) is 3.51. The molecule has 5 aromatic rings. The Hall–Kier alpha value is -3.76. The molecule has 0 atom stereocenters. The Morgan fingerprint density at radius 1 is 0.971 bits per heavy atom. The van der Waals surface area contributed by atoms with Crippen molar-refractivity contribution in [1.82, 2.24) is 25.1 Å². The summed E-state index contributed by atoms with van der Waals surface area (Å²) in [4.78, 5) is 15.1. The summed E-state index contributed by atoms with van der Waals surface area (Å²) in [6.07, 6.45) is 3.93. The Kier molecular flexibility index (Phi) is 5.44. The molecular weight excluding hydrogens is 448 g/mol. The first-order valence-corrected chi connectivity index (χ1v) is 12.3. The number of H-pyrrole nitrogens is 2. The van der Waals surface area contributed by atoms with Gasteiger partial charge in [0.1, 0.15) is 10.8 Å². The number of nitrogens with zero attached hydrogens (tertiary/aromatic N) is 4. The lowest BCUT2D eigenvalue weighted by Crippen LogP contribution is -2.36. The van der Waals surface area contributed by atoms with Crippen LogP contribution in [-0.4, -0.2) is 57.7 Å². The quantitative estimate of drug-likeness (QED) is 0.259. The highest BCUT2D eigenvalue weighted by atomic mass is 32.2. The number of aromatic amines is 2. The maximum atomic E-state index is 5.45. The molecule has 10 heteroatoms. The zero-order valence-corrected chi connectivity index (χ0v) is 19.4. The molecular formula is C24H24N8OS. The molecule has 0 spiro atoms. The van der Waals surface area contributed by atoms with Gasteiger partial charge in [0.2, 0.25) is 5.95 Å². The molecule has 1 saturated heterocycles. The number of rotatable bonds is 6. The third-order valence-corrected chi connectivity index (χ3v) is 6.58. The first-order chi connectivity index (χ1) is 16.8. The Morgan fingerprint density at radius 2 is 1.79 bits per heavy atom. The van der Waals surface area contributed by atoms with Crippen LogP contribution >= 0.6 is 11.8 Å². The van der Waals surface area contributed by atoms with Crippen molar-refractivity contribution in [3.05, 3.63) is 54.7 Å². The monoisotopic (exact) mass is 472 g/mol. The Labute approximate surface area is 200 Å². The number of anilines is 5. The molecule has 0 bridgehead atoms. The predicted molar refractivity (Wildman–Crippen MR) is 138 cm³/mol. The maximum absolute atomic E-state index is 5.45. The molecule has 0 saturated carbocycles. The highest BCUT2D eigenvalue weighted by Gasteiger charge is 2.16. The molecule has 0 radical (unpaired) electrons. The van der Waals surface area contributed by atoms with Gasteiger partial charge in [-0.05, 0) is 54.1 Å². The predicted octanol–water partition coefficient (Wildman–Crippen LogP) is 4.88. The number of fused-ring (bicyclic) bond motifs is 2. The van der Waals surface area contributed by atoms with Gasteiger partial charge in [0.25, 0.3) is 0 Å². The average molecular weight is 473 g/mol. The molecule has 1 aliphatic heterocycles. The lowest BCUT2D eigenvalue weighted by Gasteiger charge is -2.28. The summed E-state index contributed by atoms with van der Waals surface area (Å²) in [6, 6.07) is 16.6. The van der Waals surface area contributed by atoms with Crippen molar-refractivity contribution < 1.29 is 4.74 Å². The van der Waals surface area contributed by atoms with Crippen LogP contribution in [0, 0.1) is 0 Å². The molecule has 4 heterocycles. The third-order valence-electron chi connectivity index (χ3n) is 5.90. The van der Waals surface area contributed by atoms with Crippen molar-refractivity contribution >= 4 is 62.5 Å². The first kappa shape index (κ1) is 20.8. The molecule has 2 aromatic carbocycles. The molecule has 34 heavy (non-hydrogen) atoms. The summed E-state index contributed by atoms with van der Waals surface area (Å²) in [6.45, 7) is 3.35. The van der Waals surface area contributed by atoms with Gasteiger partial charge in [-0.1, -0.05) is 6.07 Å². The van der Waals surface area contributed by atoms with E-state index in [1.54, 1.807) is 11.8 Å². The summed E-state index contributed by atoms with van der Waals surface area (Å²) < 4.78 is 5.45. The zero-order chi connectivity index (χ0) is 22.9. The van der Waals surface area contributed by atoms with Gasteiger partial charge in [-0.15, -0.1) is 11.8 Å². The fourth-order valence-corrected chi connectivity index (χ4v) is 4.70. The van der Waals surface area contributed by atoms with Crippen molar-refractivity contribution in [3.8, 4) is 0 Å². The standard InChI is InChI=1S/C24H24N8OS/c1-34-23-20-21(26-17-3-2-15-8-9-25-19(15)14-17)28-24(29-22(20)30-31-23)27-16-4-6-18(7-5-16)32-10-12-33-13-11-32/h2-9,14,25H,10-13H2,1H3,(H3,26,27,28,29,30,31). The van der Waals surface area contributed by atoms with Gasteiger partial charge in [0.05, 0.1) is 18.6 Å². The number of hydrogen-bond donors (Lipinski definition) is 4. The van der Waals surface area contributed by atoms with Crippen molar-refractivity contribution in [1.29, 1.82) is 0 Å². The topological polar surface area (TPSA) is 107 Å².